The first-order valence-electron chi connectivity index (χ1n) is 6.03. The Morgan fingerprint density at radius 2 is 1.84 bits per heavy atom. The lowest BCUT2D eigenvalue weighted by molar-refractivity contribution is -0.240. The number of aliphatic imine (C=N–C) groups is 1. The largest absolute Gasteiger partial charge is 0.567 e. The zero-order chi connectivity index (χ0) is 13.9. The summed E-state index contributed by atoms with van der Waals surface area (Å²) in [6.07, 6.45) is -0.567. The maximum atomic E-state index is 11.2. The van der Waals surface area contributed by atoms with Gasteiger partial charge in [-0.3, -0.25) is 9.48 Å². The monoisotopic (exact) mass is 378 g/mol. The number of nitrogens with zero attached hydrogens (tertiary/aromatic N) is 2. The van der Waals surface area contributed by atoms with Gasteiger partial charge in [0.05, 0.1) is 21.1 Å². The van der Waals surface area contributed by atoms with Gasteiger partial charge in [0, 0.05) is 24.4 Å². The molecule has 0 spiro atoms. The first-order valence-corrected chi connectivity index (χ1v) is 6.03. The Morgan fingerprint density at radius 3 is 2.26 bits per heavy atom. The predicted octanol–water partition coefficient (Wildman–Crippen LogP) is 2.35. The molecule has 0 atom stereocenters. The maximum absolute atomic E-state index is 11.2. The molecular weight excluding hydrogens is 355 g/mol. The van der Waals surface area contributed by atoms with Crippen LogP contribution < -0.4 is 14.3 Å². The van der Waals surface area contributed by atoms with Crippen LogP contribution in [0.15, 0.2) is 23.2 Å². The predicted molar refractivity (Wildman–Crippen MR) is 89.5 cm³/mol. The van der Waals surface area contributed by atoms with Crippen LogP contribution in [0.2, 0.25) is 0 Å². The van der Waals surface area contributed by atoms with Crippen LogP contribution in [0.1, 0.15) is 25.3 Å². The van der Waals surface area contributed by atoms with E-state index in [0.717, 1.165) is 4.48 Å². The molecule has 0 aromatic heterocycles. The van der Waals surface area contributed by atoms with E-state index in [1.807, 2.05) is 18.2 Å². The zero-order valence-corrected chi connectivity index (χ0v) is 14.8. The zero-order valence-electron chi connectivity index (χ0n) is 12.4. The lowest BCUT2D eigenvalue weighted by Crippen LogP contribution is -2.36. The van der Waals surface area contributed by atoms with Crippen molar-refractivity contribution in [2.45, 2.75) is 19.8 Å². The average Bonchev–Trinajstić information content (AvgIpc) is 2.27. The quantitative estimate of drug-likeness (QED) is 0.351. The van der Waals surface area contributed by atoms with Crippen LogP contribution in [0.3, 0.4) is 0 Å². The smallest absolute Gasteiger partial charge is 0.149 e. The van der Waals surface area contributed by atoms with Crippen LogP contribution in [-0.2, 0) is 0 Å². The van der Waals surface area contributed by atoms with E-state index in [4.69, 9.17) is 4.74 Å². The Hall–Kier alpha value is -0.820. The third kappa shape index (κ3) is 4.99. The molecule has 0 saturated carbocycles. The fraction of sp³-hybridized carbons (Fsp3) is 0.500. The van der Waals surface area contributed by atoms with Crippen LogP contribution in [0.25, 0.3) is 0 Å². The van der Waals surface area contributed by atoms with Crippen molar-refractivity contribution in [1.29, 1.82) is 0 Å². The number of rotatable bonds is 3. The molecule has 0 unspecified atom stereocenters. The summed E-state index contributed by atoms with van der Waals surface area (Å²) in [5.41, 5.74) is 2.40. The molecule has 0 aliphatic heterocycles. The topological polar surface area (TPSA) is 44.7 Å². The minimum absolute atomic E-state index is 0. The van der Waals surface area contributed by atoms with Gasteiger partial charge >= 0.3 is 0 Å². The molecule has 0 fully saturated rings. The van der Waals surface area contributed by atoms with E-state index in [2.05, 4.69) is 40.0 Å². The minimum Gasteiger partial charge on any atom is -0.567 e. The van der Waals surface area contributed by atoms with Crippen LogP contribution in [-0.4, -0.2) is 34.3 Å². The first kappa shape index (κ1) is 18.2. The standard InChI is InChI=1S/C14H22N2O2.HI/c1-10(2)12-9-11(18-14(17)15-3)7-8-13(12)16(4,5)6;/h7-10H,1-6H3;1H. The number of ether oxygens (including phenoxy) is 1. The molecular formula is C14H23IN2O2. The summed E-state index contributed by atoms with van der Waals surface area (Å²) in [5, 5.41) is 11.2. The number of quaternary nitrogens is 1. The molecule has 4 nitrogen and oxygen atoms in total. The van der Waals surface area contributed by atoms with E-state index >= 15 is 0 Å². The van der Waals surface area contributed by atoms with Gasteiger partial charge in [0.1, 0.15) is 11.8 Å². The molecule has 0 N–H and O–H groups in total. The van der Waals surface area contributed by atoms with Crippen LogP contribution in [0.4, 0.5) is 5.69 Å². The maximum Gasteiger partial charge on any atom is 0.149 e. The van der Waals surface area contributed by atoms with Crippen LogP contribution in [0, 0.1) is 0 Å². The summed E-state index contributed by atoms with van der Waals surface area (Å²) < 4.78 is 5.85. The van der Waals surface area contributed by atoms with Crippen molar-refractivity contribution in [3.63, 3.8) is 0 Å². The molecule has 0 bridgehead atoms. The molecule has 108 valence electrons. The van der Waals surface area contributed by atoms with Gasteiger partial charge in [-0.05, 0) is 18.1 Å². The minimum atomic E-state index is -0.567. The number of benzene rings is 1. The fourth-order valence-electron chi connectivity index (χ4n) is 1.82. The highest BCUT2D eigenvalue weighted by Gasteiger charge is 2.19. The lowest BCUT2D eigenvalue weighted by atomic mass is 9.99. The van der Waals surface area contributed by atoms with Gasteiger partial charge in [0.15, 0.2) is 0 Å². The molecule has 0 heterocycles. The van der Waals surface area contributed by atoms with Crippen LogP contribution in [0.5, 0.6) is 5.75 Å². The van der Waals surface area contributed by atoms with Gasteiger partial charge in [-0.25, -0.2) is 0 Å². The molecule has 0 aliphatic rings. The summed E-state index contributed by atoms with van der Waals surface area (Å²) in [6, 6.07) is 5.74. The summed E-state index contributed by atoms with van der Waals surface area (Å²) in [5.74, 6) is 0.918. The second-order valence-electron chi connectivity index (χ2n) is 5.48. The lowest BCUT2D eigenvalue weighted by Gasteiger charge is -2.28. The summed E-state index contributed by atoms with van der Waals surface area (Å²) in [6.45, 7) is 4.26. The second-order valence-corrected chi connectivity index (χ2v) is 5.48. The van der Waals surface area contributed by atoms with E-state index in [9.17, 15) is 5.11 Å². The van der Waals surface area contributed by atoms with Gasteiger partial charge in [-0.1, -0.05) is 13.8 Å². The van der Waals surface area contributed by atoms with Crippen LogP contribution >= 0.6 is 24.0 Å². The summed E-state index contributed by atoms with van der Waals surface area (Å²) in [7, 11) is 7.78. The molecule has 0 saturated heterocycles. The van der Waals surface area contributed by atoms with Crippen molar-refractivity contribution in [2.75, 3.05) is 28.2 Å². The van der Waals surface area contributed by atoms with E-state index < -0.39 is 6.08 Å². The second kappa shape index (κ2) is 7.09. The van der Waals surface area contributed by atoms with Crippen molar-refractivity contribution < 1.29 is 9.84 Å². The van der Waals surface area contributed by atoms with Gasteiger partial charge in [-0.2, -0.15) is 0 Å². The molecule has 0 aliphatic carbocycles. The molecule has 5 heteroatoms. The van der Waals surface area contributed by atoms with E-state index in [1.54, 1.807) is 0 Å². The average molecular weight is 378 g/mol. The van der Waals surface area contributed by atoms with Crippen molar-refractivity contribution in [3.8, 4) is 5.75 Å². The number of hydrogen-bond donors (Lipinski definition) is 0. The highest BCUT2D eigenvalue weighted by atomic mass is 127. The Bertz CT molecular complexity index is 451. The van der Waals surface area contributed by atoms with Crippen molar-refractivity contribution in [1.82, 2.24) is 4.48 Å². The van der Waals surface area contributed by atoms with E-state index in [-0.39, 0.29) is 24.0 Å². The SMILES string of the molecule is CN=C([O-])Oc1ccc([N+](C)(C)C)c(C(C)C)c1.I. The molecule has 1 aromatic carbocycles. The normalized spacial score (nSPS) is 12.3. The molecule has 1 rings (SSSR count). The van der Waals surface area contributed by atoms with Crippen molar-refractivity contribution in [3.05, 3.63) is 23.8 Å². The van der Waals surface area contributed by atoms with Gasteiger partial charge in [0.25, 0.3) is 0 Å². The van der Waals surface area contributed by atoms with Gasteiger partial charge < -0.3 is 9.84 Å². The van der Waals surface area contributed by atoms with Gasteiger partial charge in [-0.15, -0.1) is 24.0 Å². The summed E-state index contributed by atoms with van der Waals surface area (Å²) in [4.78, 5) is 3.46. The van der Waals surface area contributed by atoms with E-state index in [0.29, 0.717) is 11.7 Å². The highest BCUT2D eigenvalue weighted by molar-refractivity contribution is 14.0. The molecule has 0 amide bonds. The first-order chi connectivity index (χ1) is 8.25. The molecule has 1 aromatic rings. The Kier molecular flexibility index (Phi) is 6.79. The Morgan fingerprint density at radius 1 is 1.26 bits per heavy atom. The number of halogens is 1. The summed E-state index contributed by atoms with van der Waals surface area (Å²) >= 11 is 0. The van der Waals surface area contributed by atoms with Gasteiger partial charge in [0.2, 0.25) is 0 Å². The third-order valence-electron chi connectivity index (χ3n) is 2.73. The third-order valence-corrected chi connectivity index (χ3v) is 2.73. The Labute approximate surface area is 132 Å². The number of hydrogen-bond acceptors (Lipinski definition) is 3. The fourth-order valence-corrected chi connectivity index (χ4v) is 1.82. The van der Waals surface area contributed by atoms with Crippen molar-refractivity contribution in [2.24, 2.45) is 4.99 Å². The molecule has 0 radical (unpaired) electrons. The van der Waals surface area contributed by atoms with Crippen molar-refractivity contribution >= 4 is 35.7 Å². The Balaban J connectivity index is 0.00000324. The highest BCUT2D eigenvalue weighted by Crippen LogP contribution is 2.32. The molecule has 19 heavy (non-hydrogen) atoms. The van der Waals surface area contributed by atoms with E-state index in [1.165, 1.54) is 18.3 Å².